The SMILES string of the molecule is O=C(NCCCCO)NCc1ccc(C(=O)Nc2ccc(Cl)cc2N2CCN(CCC(F)(F)F)CC2)c(F)c1F. The number of nitrogens with one attached hydrogen (secondary N) is 3. The predicted octanol–water partition coefficient (Wildman–Crippen LogP) is 4.52. The maximum Gasteiger partial charge on any atom is 0.390 e. The zero-order valence-corrected chi connectivity index (χ0v) is 22.3. The molecule has 40 heavy (non-hydrogen) atoms. The molecule has 1 saturated heterocycles. The Labute approximate surface area is 233 Å². The number of alkyl halides is 3. The lowest BCUT2D eigenvalue weighted by Crippen LogP contribution is -2.47. The summed E-state index contributed by atoms with van der Waals surface area (Å²) < 4.78 is 67.2. The summed E-state index contributed by atoms with van der Waals surface area (Å²) in [5.74, 6) is -3.57. The van der Waals surface area contributed by atoms with Crippen LogP contribution < -0.4 is 20.9 Å². The van der Waals surface area contributed by atoms with Gasteiger partial charge in [0.05, 0.1) is 23.4 Å². The number of piperazine rings is 1. The molecular weight excluding hydrogens is 561 g/mol. The Balaban J connectivity index is 1.64. The summed E-state index contributed by atoms with van der Waals surface area (Å²) in [6.45, 7) is 1.37. The van der Waals surface area contributed by atoms with Gasteiger partial charge in [-0.3, -0.25) is 9.69 Å². The van der Waals surface area contributed by atoms with E-state index in [0.717, 1.165) is 6.07 Å². The number of hydrogen-bond donors (Lipinski definition) is 4. The van der Waals surface area contributed by atoms with Crippen LogP contribution in [0.3, 0.4) is 0 Å². The van der Waals surface area contributed by atoms with Crippen molar-refractivity contribution in [1.29, 1.82) is 0 Å². The predicted molar refractivity (Wildman–Crippen MR) is 142 cm³/mol. The summed E-state index contributed by atoms with van der Waals surface area (Å²) in [7, 11) is 0. The largest absolute Gasteiger partial charge is 0.396 e. The molecule has 0 atom stereocenters. The molecule has 1 aliphatic rings. The van der Waals surface area contributed by atoms with Crippen molar-refractivity contribution in [3.8, 4) is 0 Å². The summed E-state index contributed by atoms with van der Waals surface area (Å²) in [4.78, 5) is 28.3. The van der Waals surface area contributed by atoms with E-state index in [0.29, 0.717) is 56.3 Å². The number of rotatable bonds is 11. The highest BCUT2D eigenvalue weighted by atomic mass is 35.5. The third-order valence-electron chi connectivity index (χ3n) is 6.35. The monoisotopic (exact) mass is 591 g/mol. The maximum absolute atomic E-state index is 14.8. The fraction of sp³-hybridized carbons (Fsp3) is 0.462. The average molecular weight is 592 g/mol. The number of carbonyl (C=O) groups excluding carboxylic acids is 2. The van der Waals surface area contributed by atoms with Gasteiger partial charge in [0.25, 0.3) is 5.91 Å². The highest BCUT2D eigenvalue weighted by molar-refractivity contribution is 6.31. The topological polar surface area (TPSA) is 96.9 Å². The summed E-state index contributed by atoms with van der Waals surface area (Å²) in [5, 5.41) is 16.6. The zero-order valence-electron chi connectivity index (χ0n) is 21.6. The molecule has 3 rings (SSSR count). The Morgan fingerprint density at radius 1 is 0.975 bits per heavy atom. The van der Waals surface area contributed by atoms with Crippen LogP contribution in [0.5, 0.6) is 0 Å². The molecule has 2 aromatic carbocycles. The maximum atomic E-state index is 14.8. The van der Waals surface area contributed by atoms with Crippen molar-refractivity contribution >= 4 is 34.9 Å². The average Bonchev–Trinajstić information content (AvgIpc) is 2.91. The Morgan fingerprint density at radius 3 is 2.38 bits per heavy atom. The van der Waals surface area contributed by atoms with E-state index in [1.54, 1.807) is 11.0 Å². The number of benzene rings is 2. The van der Waals surface area contributed by atoms with Gasteiger partial charge in [0.15, 0.2) is 11.6 Å². The van der Waals surface area contributed by atoms with Crippen LogP contribution in [0.15, 0.2) is 30.3 Å². The van der Waals surface area contributed by atoms with Crippen LogP contribution in [0.25, 0.3) is 0 Å². The molecule has 0 unspecified atom stereocenters. The first-order valence-corrected chi connectivity index (χ1v) is 13.1. The van der Waals surface area contributed by atoms with Gasteiger partial charge in [-0.05, 0) is 37.1 Å². The van der Waals surface area contributed by atoms with Crippen molar-refractivity contribution in [2.75, 3.05) is 56.1 Å². The Bertz CT molecular complexity index is 1180. The second kappa shape index (κ2) is 14.5. The first-order valence-electron chi connectivity index (χ1n) is 12.7. The van der Waals surface area contributed by atoms with E-state index in [1.807, 2.05) is 4.90 Å². The highest BCUT2D eigenvalue weighted by Gasteiger charge is 2.29. The van der Waals surface area contributed by atoms with Crippen molar-refractivity contribution in [3.63, 3.8) is 0 Å². The van der Waals surface area contributed by atoms with E-state index in [2.05, 4.69) is 16.0 Å². The van der Waals surface area contributed by atoms with E-state index < -0.39 is 41.7 Å². The third kappa shape index (κ3) is 9.20. The third-order valence-corrected chi connectivity index (χ3v) is 6.58. The number of halogens is 6. The van der Waals surface area contributed by atoms with Crippen molar-refractivity contribution in [3.05, 3.63) is 58.1 Å². The smallest absolute Gasteiger partial charge is 0.390 e. The zero-order chi connectivity index (χ0) is 29.3. The first kappa shape index (κ1) is 31.4. The van der Waals surface area contributed by atoms with Crippen LogP contribution in [0, 0.1) is 11.6 Å². The molecule has 3 amide bonds. The molecule has 8 nitrogen and oxygen atoms in total. The van der Waals surface area contributed by atoms with Crippen LogP contribution in [-0.2, 0) is 6.54 Å². The number of aliphatic hydroxyl groups excluding tert-OH is 1. The minimum absolute atomic E-state index is 0.00160. The van der Waals surface area contributed by atoms with Crippen LogP contribution in [-0.4, -0.2) is 74.0 Å². The molecule has 0 saturated carbocycles. The molecule has 0 aliphatic carbocycles. The quantitative estimate of drug-likeness (QED) is 0.228. The molecule has 14 heteroatoms. The lowest BCUT2D eigenvalue weighted by molar-refractivity contribution is -0.138. The van der Waals surface area contributed by atoms with Crippen molar-refractivity contribution in [2.45, 2.75) is 32.0 Å². The van der Waals surface area contributed by atoms with Crippen molar-refractivity contribution in [2.24, 2.45) is 0 Å². The van der Waals surface area contributed by atoms with E-state index in [9.17, 15) is 31.5 Å². The lowest BCUT2D eigenvalue weighted by Gasteiger charge is -2.37. The molecule has 4 N–H and O–H groups in total. The van der Waals surface area contributed by atoms with Crippen molar-refractivity contribution in [1.82, 2.24) is 15.5 Å². The number of unbranched alkanes of at least 4 members (excludes halogenated alkanes) is 1. The second-order valence-electron chi connectivity index (χ2n) is 9.25. The number of anilines is 2. The van der Waals surface area contributed by atoms with Crippen LogP contribution >= 0.6 is 11.6 Å². The fourth-order valence-corrected chi connectivity index (χ4v) is 4.30. The minimum Gasteiger partial charge on any atom is -0.396 e. The highest BCUT2D eigenvalue weighted by Crippen LogP contribution is 2.31. The number of urea groups is 1. The number of nitrogens with zero attached hydrogens (tertiary/aromatic N) is 2. The molecule has 0 bridgehead atoms. The summed E-state index contributed by atoms with van der Waals surface area (Å²) in [6.07, 6.45) is -4.06. The standard InChI is InChI=1S/C26H31ClF5N5O3/c27-18-4-6-20(21(15-18)37-12-10-36(11-13-37)9-7-26(30,31)32)35-24(39)19-5-3-17(22(28)23(19)29)16-34-25(40)33-8-1-2-14-38/h3-6,15,38H,1-2,7-14,16H2,(H,35,39)(H2,33,34,40). The van der Waals surface area contributed by atoms with E-state index in [1.165, 1.54) is 18.2 Å². The summed E-state index contributed by atoms with van der Waals surface area (Å²) in [5.41, 5.74) is 0.0762. The van der Waals surface area contributed by atoms with E-state index in [-0.39, 0.29) is 30.9 Å². The van der Waals surface area contributed by atoms with Crippen LogP contribution in [0.4, 0.5) is 38.1 Å². The minimum atomic E-state index is -4.24. The summed E-state index contributed by atoms with van der Waals surface area (Å²) >= 11 is 6.15. The molecular formula is C26H31ClF5N5O3. The fourth-order valence-electron chi connectivity index (χ4n) is 4.14. The van der Waals surface area contributed by atoms with Crippen molar-refractivity contribution < 1.29 is 36.6 Å². The molecule has 1 aliphatic heterocycles. The van der Waals surface area contributed by atoms with Gasteiger partial charge >= 0.3 is 12.2 Å². The molecule has 220 valence electrons. The normalized spacial score (nSPS) is 14.2. The van der Waals surface area contributed by atoms with Crippen LogP contribution in [0.1, 0.15) is 35.2 Å². The van der Waals surface area contributed by atoms with Gasteiger partial charge in [0.2, 0.25) is 0 Å². The molecule has 2 aromatic rings. The number of hydrogen-bond acceptors (Lipinski definition) is 5. The van der Waals surface area contributed by atoms with E-state index in [4.69, 9.17) is 16.7 Å². The molecule has 0 radical (unpaired) electrons. The molecule has 1 fully saturated rings. The van der Waals surface area contributed by atoms with E-state index >= 15 is 0 Å². The number of carbonyl (C=O) groups is 2. The van der Waals surface area contributed by atoms with Gasteiger partial charge in [-0.2, -0.15) is 13.2 Å². The lowest BCUT2D eigenvalue weighted by atomic mass is 10.1. The molecule has 0 aromatic heterocycles. The molecule has 0 spiro atoms. The second-order valence-corrected chi connectivity index (χ2v) is 9.69. The van der Waals surface area contributed by atoms with Gasteiger partial charge in [0, 0.05) is 63.0 Å². The van der Waals surface area contributed by atoms with Gasteiger partial charge in [0.1, 0.15) is 0 Å². The van der Waals surface area contributed by atoms with Gasteiger partial charge in [-0.15, -0.1) is 0 Å². The Kier molecular flexibility index (Phi) is 11.3. The van der Waals surface area contributed by atoms with Gasteiger partial charge < -0.3 is 26.0 Å². The Morgan fingerprint density at radius 2 is 1.70 bits per heavy atom. The molecule has 1 heterocycles. The first-order chi connectivity index (χ1) is 19.0. The Hall–Kier alpha value is -3.16. The number of aliphatic hydroxyl groups is 1. The summed E-state index contributed by atoms with van der Waals surface area (Å²) in [6, 6.07) is 6.33. The van der Waals surface area contributed by atoms with Gasteiger partial charge in [-0.1, -0.05) is 17.7 Å². The van der Waals surface area contributed by atoms with Gasteiger partial charge in [-0.25, -0.2) is 13.6 Å². The number of amides is 3. The van der Waals surface area contributed by atoms with Crippen LogP contribution in [0.2, 0.25) is 5.02 Å².